The first-order valence-corrected chi connectivity index (χ1v) is 10.6. The number of hydrogen-bond donors (Lipinski definition) is 1. The van der Waals surface area contributed by atoms with Crippen LogP contribution in [0, 0.1) is 12.8 Å². The predicted octanol–water partition coefficient (Wildman–Crippen LogP) is 4.42. The monoisotopic (exact) mass is 372 g/mol. The van der Waals surface area contributed by atoms with Gasteiger partial charge < -0.3 is 5.32 Å². The van der Waals surface area contributed by atoms with Crippen LogP contribution < -0.4 is 5.32 Å². The Kier molecular flexibility index (Phi) is 4.89. The van der Waals surface area contributed by atoms with Gasteiger partial charge in [0.15, 0.2) is 0 Å². The minimum atomic E-state index is 0.0900. The molecule has 2 atom stereocenters. The fourth-order valence-electron chi connectivity index (χ4n) is 4.04. The van der Waals surface area contributed by atoms with E-state index in [-0.39, 0.29) is 5.91 Å². The van der Waals surface area contributed by atoms with E-state index in [0.717, 1.165) is 4.88 Å². The summed E-state index contributed by atoms with van der Waals surface area (Å²) in [4.78, 5) is 17.3. The average Bonchev–Trinajstić information content (AvgIpc) is 3.09. The fourth-order valence-corrected chi connectivity index (χ4v) is 6.12. The second-order valence-corrected chi connectivity index (χ2v) is 9.53. The molecule has 0 saturated carbocycles. The Morgan fingerprint density at radius 3 is 2.68 bits per heavy atom. The van der Waals surface area contributed by atoms with Gasteiger partial charge in [-0.15, -0.1) is 11.3 Å². The molecule has 3 fully saturated rings. The molecule has 25 heavy (non-hydrogen) atoms. The lowest BCUT2D eigenvalue weighted by molar-refractivity contribution is 0.0218. The van der Waals surface area contributed by atoms with E-state index < -0.39 is 0 Å². The lowest BCUT2D eigenvalue weighted by atomic mass is 9.79. The zero-order valence-electron chi connectivity index (χ0n) is 14.7. The number of carbonyl (C=O) groups excluding carboxylic acids is 1. The Hall–Kier alpha value is -1.30. The molecule has 5 heteroatoms. The van der Waals surface area contributed by atoms with E-state index in [1.165, 1.54) is 40.6 Å². The zero-order valence-corrected chi connectivity index (χ0v) is 16.3. The van der Waals surface area contributed by atoms with Crippen LogP contribution in [-0.2, 0) is 0 Å². The zero-order chi connectivity index (χ0) is 17.4. The van der Waals surface area contributed by atoms with Crippen molar-refractivity contribution < 1.29 is 4.79 Å². The molecule has 3 aliphatic rings. The predicted molar refractivity (Wildman–Crippen MR) is 105 cm³/mol. The highest BCUT2D eigenvalue weighted by Crippen LogP contribution is 2.36. The number of thiophene rings is 1. The van der Waals surface area contributed by atoms with Crippen LogP contribution in [0.15, 0.2) is 45.5 Å². The van der Waals surface area contributed by atoms with Gasteiger partial charge in [-0.3, -0.25) is 9.69 Å². The van der Waals surface area contributed by atoms with Crippen molar-refractivity contribution in [3.63, 3.8) is 0 Å². The highest BCUT2D eigenvalue weighted by molar-refractivity contribution is 8.01. The molecule has 1 aromatic heterocycles. The number of benzene rings is 1. The summed E-state index contributed by atoms with van der Waals surface area (Å²) in [6.07, 6.45) is 2.43. The number of aryl methyl sites for hydroxylation is 1. The molecule has 3 nitrogen and oxygen atoms in total. The Labute approximate surface area is 157 Å². The molecule has 4 heterocycles. The summed E-state index contributed by atoms with van der Waals surface area (Å²) >= 11 is 3.33. The van der Waals surface area contributed by atoms with Gasteiger partial charge >= 0.3 is 0 Å². The van der Waals surface area contributed by atoms with Crippen molar-refractivity contribution in [3.05, 3.63) is 46.8 Å². The molecule has 2 unspecified atom stereocenters. The second kappa shape index (κ2) is 7.14. The standard InChI is InChI=1S/C20H24N2OS2/c1-13-5-3-4-6-16(13)24-18-8-7-17(25-18)20(23)21-19-14(2)22-11-9-15(19)10-12-22/h3-8,14-15,19H,9-12H2,1-2H3,(H,21,23). The van der Waals surface area contributed by atoms with Crippen molar-refractivity contribution in [1.82, 2.24) is 10.2 Å². The van der Waals surface area contributed by atoms with E-state index >= 15 is 0 Å². The number of piperidine rings is 3. The third kappa shape index (κ3) is 3.50. The summed E-state index contributed by atoms with van der Waals surface area (Å²) in [5.74, 6) is 0.733. The van der Waals surface area contributed by atoms with Crippen LogP contribution in [-0.4, -0.2) is 36.0 Å². The number of carbonyl (C=O) groups is 1. The van der Waals surface area contributed by atoms with Crippen molar-refractivity contribution in [1.29, 1.82) is 0 Å². The molecule has 1 aromatic carbocycles. The van der Waals surface area contributed by atoms with Gasteiger partial charge in [0.05, 0.1) is 9.09 Å². The largest absolute Gasteiger partial charge is 0.347 e. The van der Waals surface area contributed by atoms with E-state index in [1.54, 1.807) is 23.1 Å². The lowest BCUT2D eigenvalue weighted by Crippen LogP contribution is -2.62. The van der Waals surface area contributed by atoms with E-state index in [9.17, 15) is 4.79 Å². The molecule has 5 rings (SSSR count). The number of nitrogens with zero attached hydrogens (tertiary/aromatic N) is 1. The maximum Gasteiger partial charge on any atom is 0.261 e. The Morgan fingerprint density at radius 1 is 1.20 bits per heavy atom. The highest BCUT2D eigenvalue weighted by atomic mass is 32.2. The minimum absolute atomic E-state index is 0.0900. The van der Waals surface area contributed by atoms with Crippen LogP contribution in [0.3, 0.4) is 0 Å². The Balaban J connectivity index is 1.43. The van der Waals surface area contributed by atoms with Crippen LogP contribution in [0.4, 0.5) is 0 Å². The molecule has 3 aliphatic heterocycles. The molecule has 0 radical (unpaired) electrons. The van der Waals surface area contributed by atoms with Gasteiger partial charge in [0.2, 0.25) is 0 Å². The Bertz CT molecular complexity index is 763. The van der Waals surface area contributed by atoms with Crippen molar-refractivity contribution >= 4 is 29.0 Å². The summed E-state index contributed by atoms with van der Waals surface area (Å²) in [5, 5.41) is 3.33. The van der Waals surface area contributed by atoms with E-state index in [1.807, 2.05) is 6.07 Å². The first-order valence-electron chi connectivity index (χ1n) is 9.00. The summed E-state index contributed by atoms with van der Waals surface area (Å²) in [6, 6.07) is 13.2. The van der Waals surface area contributed by atoms with Crippen LogP contribution in [0.25, 0.3) is 0 Å². The normalized spacial score (nSPS) is 28.1. The third-order valence-corrected chi connectivity index (χ3v) is 7.98. The second-order valence-electron chi connectivity index (χ2n) is 7.10. The van der Waals surface area contributed by atoms with Crippen LogP contribution in [0.2, 0.25) is 0 Å². The maximum atomic E-state index is 12.7. The van der Waals surface area contributed by atoms with E-state index in [2.05, 4.69) is 54.4 Å². The van der Waals surface area contributed by atoms with Crippen LogP contribution in [0.5, 0.6) is 0 Å². The molecule has 0 spiro atoms. The molecular formula is C20H24N2OS2. The molecule has 0 aliphatic carbocycles. The van der Waals surface area contributed by atoms with Gasteiger partial charge in [0.25, 0.3) is 5.91 Å². The molecule has 132 valence electrons. The van der Waals surface area contributed by atoms with Crippen molar-refractivity contribution in [3.8, 4) is 0 Å². The molecule has 1 amide bonds. The molecule has 2 aromatic rings. The Morgan fingerprint density at radius 2 is 1.96 bits per heavy atom. The van der Waals surface area contributed by atoms with E-state index in [0.29, 0.717) is 18.0 Å². The van der Waals surface area contributed by atoms with E-state index in [4.69, 9.17) is 0 Å². The summed E-state index contributed by atoms with van der Waals surface area (Å²) < 4.78 is 1.17. The number of hydrogen-bond acceptors (Lipinski definition) is 4. The molecule has 3 saturated heterocycles. The average molecular weight is 373 g/mol. The smallest absolute Gasteiger partial charge is 0.261 e. The first-order chi connectivity index (χ1) is 12.1. The van der Waals surface area contributed by atoms with Crippen molar-refractivity contribution in [2.24, 2.45) is 5.92 Å². The number of amides is 1. The number of nitrogens with one attached hydrogen (secondary N) is 1. The van der Waals surface area contributed by atoms with Gasteiger partial charge in [-0.1, -0.05) is 30.0 Å². The summed E-state index contributed by atoms with van der Waals surface area (Å²) in [7, 11) is 0. The number of rotatable bonds is 4. The highest BCUT2D eigenvalue weighted by Gasteiger charge is 2.40. The van der Waals surface area contributed by atoms with Gasteiger partial charge in [0.1, 0.15) is 0 Å². The van der Waals surface area contributed by atoms with Crippen molar-refractivity contribution in [2.75, 3.05) is 13.1 Å². The van der Waals surface area contributed by atoms with Gasteiger partial charge in [-0.25, -0.2) is 0 Å². The van der Waals surface area contributed by atoms with Gasteiger partial charge in [-0.2, -0.15) is 0 Å². The lowest BCUT2D eigenvalue weighted by Gasteiger charge is -2.49. The van der Waals surface area contributed by atoms with Gasteiger partial charge in [0, 0.05) is 17.0 Å². The molecular weight excluding hydrogens is 348 g/mol. The van der Waals surface area contributed by atoms with Crippen LogP contribution >= 0.6 is 23.1 Å². The van der Waals surface area contributed by atoms with Crippen molar-refractivity contribution in [2.45, 2.75) is 47.9 Å². The quantitative estimate of drug-likeness (QED) is 0.862. The SMILES string of the molecule is Cc1ccccc1Sc1ccc(C(=O)NC2C3CCN(CC3)C2C)s1. The minimum Gasteiger partial charge on any atom is -0.347 e. The first kappa shape index (κ1) is 17.1. The van der Waals surface area contributed by atoms with Gasteiger partial charge in [-0.05, 0) is 69.5 Å². The van der Waals surface area contributed by atoms with Crippen LogP contribution in [0.1, 0.15) is 35.0 Å². The fraction of sp³-hybridized carbons (Fsp3) is 0.450. The molecule has 1 N–H and O–H groups in total. The number of fused-ring (bicyclic) bond motifs is 3. The summed E-state index contributed by atoms with van der Waals surface area (Å²) in [5.41, 5.74) is 1.27. The topological polar surface area (TPSA) is 32.3 Å². The third-order valence-electron chi connectivity index (χ3n) is 5.58. The maximum absolute atomic E-state index is 12.7. The summed E-state index contributed by atoms with van der Waals surface area (Å²) in [6.45, 7) is 6.76. The molecule has 2 bridgehead atoms.